The van der Waals surface area contributed by atoms with Gasteiger partial charge in [0.15, 0.2) is 0 Å². The lowest BCUT2D eigenvalue weighted by Crippen LogP contribution is -2.50. The van der Waals surface area contributed by atoms with Crippen molar-refractivity contribution in [3.05, 3.63) is 77.8 Å². The Morgan fingerprint density at radius 1 is 0.917 bits per heavy atom. The van der Waals surface area contributed by atoms with Gasteiger partial charge >= 0.3 is 0 Å². The maximum atomic E-state index is 12.9. The van der Waals surface area contributed by atoms with Crippen LogP contribution >= 0.6 is 23.2 Å². The van der Waals surface area contributed by atoms with E-state index in [2.05, 4.69) is 10.6 Å². The first-order valence-electron chi connectivity index (χ1n) is 11.2. The van der Waals surface area contributed by atoms with Gasteiger partial charge in [-0.25, -0.2) is 0 Å². The molecule has 1 fully saturated rings. The van der Waals surface area contributed by atoms with E-state index >= 15 is 0 Å². The van der Waals surface area contributed by atoms with Crippen LogP contribution in [-0.4, -0.2) is 34.2 Å². The summed E-state index contributed by atoms with van der Waals surface area (Å²) in [5.41, 5.74) is -1.62. The number of nitro benzene ring substituents is 2. The fraction of sp³-hybridized carbons (Fsp3) is 0.417. The van der Waals surface area contributed by atoms with Crippen LogP contribution in [-0.2, 0) is 0 Å². The van der Waals surface area contributed by atoms with Crippen LogP contribution in [0.2, 0.25) is 10.0 Å². The third kappa shape index (κ3) is 6.50. The van der Waals surface area contributed by atoms with Gasteiger partial charge in [-0.2, -0.15) is 0 Å². The fourth-order valence-corrected chi connectivity index (χ4v) is 5.55. The number of nitrogens with zero attached hydrogens (tertiary/aromatic N) is 2. The molecule has 1 aliphatic carbocycles. The zero-order valence-electron chi connectivity index (χ0n) is 20.0. The molecule has 36 heavy (non-hydrogen) atoms. The molecule has 0 aromatic heterocycles. The van der Waals surface area contributed by atoms with Crippen LogP contribution < -0.4 is 10.6 Å². The van der Waals surface area contributed by atoms with E-state index in [9.17, 15) is 29.8 Å². The Kier molecular flexibility index (Phi) is 7.90. The van der Waals surface area contributed by atoms with Gasteiger partial charge in [0.2, 0.25) is 0 Å². The highest BCUT2D eigenvalue weighted by Crippen LogP contribution is 2.46. The summed E-state index contributed by atoms with van der Waals surface area (Å²) in [6.45, 7) is 6.26. The van der Waals surface area contributed by atoms with Gasteiger partial charge in [0.1, 0.15) is 11.1 Å². The minimum atomic E-state index is -0.659. The Bertz CT molecular complexity index is 1240. The number of benzene rings is 2. The molecule has 0 radical (unpaired) electrons. The number of hydrogen-bond donors (Lipinski definition) is 2. The number of carbonyl (C=O) groups is 2. The molecule has 12 heteroatoms. The molecule has 192 valence electrons. The smallest absolute Gasteiger partial charge is 0.283 e. The summed E-state index contributed by atoms with van der Waals surface area (Å²) >= 11 is 11.7. The van der Waals surface area contributed by atoms with Crippen LogP contribution in [0.1, 0.15) is 60.7 Å². The second-order valence-electron chi connectivity index (χ2n) is 10.3. The summed E-state index contributed by atoms with van der Waals surface area (Å²) in [7, 11) is 0. The van der Waals surface area contributed by atoms with Gasteiger partial charge in [-0.1, -0.05) is 44.0 Å². The number of carbonyl (C=O) groups excluding carboxylic acids is 2. The molecule has 0 unspecified atom stereocenters. The van der Waals surface area contributed by atoms with Crippen molar-refractivity contribution < 1.29 is 19.4 Å². The third-order valence-electron chi connectivity index (χ3n) is 6.26. The highest BCUT2D eigenvalue weighted by atomic mass is 35.5. The van der Waals surface area contributed by atoms with Crippen molar-refractivity contribution in [1.82, 2.24) is 10.6 Å². The van der Waals surface area contributed by atoms with E-state index in [1.165, 1.54) is 24.3 Å². The minimum Gasteiger partial charge on any atom is -0.351 e. The molecule has 0 aliphatic heterocycles. The molecular weight excluding hydrogens is 511 g/mol. The maximum absolute atomic E-state index is 12.9. The molecule has 2 amide bonds. The first-order chi connectivity index (χ1) is 16.7. The molecule has 2 aromatic rings. The molecule has 2 aromatic carbocycles. The third-order valence-corrected chi connectivity index (χ3v) is 6.73. The van der Waals surface area contributed by atoms with E-state index < -0.39 is 27.1 Å². The van der Waals surface area contributed by atoms with Crippen molar-refractivity contribution in [2.24, 2.45) is 10.8 Å². The molecule has 1 saturated carbocycles. The zero-order valence-corrected chi connectivity index (χ0v) is 21.5. The van der Waals surface area contributed by atoms with Gasteiger partial charge in [0, 0.05) is 34.8 Å². The lowest BCUT2D eigenvalue weighted by molar-refractivity contribution is -0.385. The maximum Gasteiger partial charge on any atom is 0.283 e. The Morgan fingerprint density at radius 3 is 1.92 bits per heavy atom. The van der Waals surface area contributed by atoms with E-state index in [1.54, 1.807) is 0 Å². The highest BCUT2D eigenvalue weighted by Gasteiger charge is 2.42. The van der Waals surface area contributed by atoms with Gasteiger partial charge in [-0.05, 0) is 54.4 Å². The Morgan fingerprint density at radius 2 is 1.42 bits per heavy atom. The van der Waals surface area contributed by atoms with Crippen LogP contribution in [0.25, 0.3) is 0 Å². The fourth-order valence-electron chi connectivity index (χ4n) is 5.22. The number of nitrogens with one attached hydrogen (secondary N) is 2. The Labute approximate surface area is 217 Å². The molecule has 3 rings (SSSR count). The summed E-state index contributed by atoms with van der Waals surface area (Å²) in [4.78, 5) is 47.2. The van der Waals surface area contributed by atoms with Crippen molar-refractivity contribution >= 4 is 46.4 Å². The SMILES string of the molecule is CC1(C)C[C@@H](NC(=O)c2ccc(Cl)cc2[N+](=O)[O-])C[C@@](C)(CNC(=O)c2ccc(Cl)cc2[N+](=O)[O-])C1. The van der Waals surface area contributed by atoms with Crippen molar-refractivity contribution in [2.75, 3.05) is 6.54 Å². The van der Waals surface area contributed by atoms with Gasteiger partial charge < -0.3 is 10.6 Å². The van der Waals surface area contributed by atoms with Gasteiger partial charge in [-0.3, -0.25) is 29.8 Å². The van der Waals surface area contributed by atoms with E-state index in [4.69, 9.17) is 23.2 Å². The number of amides is 2. The normalized spacial score (nSPS) is 20.9. The minimum absolute atomic E-state index is 0.0853. The monoisotopic (exact) mass is 536 g/mol. The summed E-state index contributed by atoms with van der Waals surface area (Å²) in [6.07, 6.45) is 1.84. The van der Waals surface area contributed by atoms with Crippen molar-refractivity contribution in [2.45, 2.75) is 46.1 Å². The molecule has 0 heterocycles. The molecular formula is C24H26Cl2N4O6. The van der Waals surface area contributed by atoms with Crippen LogP contribution in [0.4, 0.5) is 11.4 Å². The zero-order chi connectivity index (χ0) is 26.8. The first-order valence-corrected chi connectivity index (χ1v) is 11.9. The molecule has 10 nitrogen and oxygen atoms in total. The second kappa shape index (κ2) is 10.4. The number of rotatable bonds is 7. The van der Waals surface area contributed by atoms with Crippen molar-refractivity contribution in [1.29, 1.82) is 0 Å². The first kappa shape index (κ1) is 27.3. The summed E-state index contributed by atoms with van der Waals surface area (Å²) in [5, 5.41) is 28.8. The molecule has 1 aliphatic rings. The van der Waals surface area contributed by atoms with Crippen LogP contribution in [0.3, 0.4) is 0 Å². The van der Waals surface area contributed by atoms with E-state index in [0.29, 0.717) is 12.8 Å². The average molecular weight is 537 g/mol. The van der Waals surface area contributed by atoms with Crippen LogP contribution in [0.5, 0.6) is 0 Å². The molecule has 0 spiro atoms. The largest absolute Gasteiger partial charge is 0.351 e. The predicted molar refractivity (Wildman–Crippen MR) is 136 cm³/mol. The Hall–Kier alpha value is -3.24. The van der Waals surface area contributed by atoms with Crippen LogP contribution in [0.15, 0.2) is 36.4 Å². The summed E-state index contributed by atoms with van der Waals surface area (Å²) < 4.78 is 0. The number of hydrogen-bond acceptors (Lipinski definition) is 6. The van der Waals surface area contributed by atoms with E-state index in [0.717, 1.165) is 18.6 Å². The Balaban J connectivity index is 1.75. The van der Waals surface area contributed by atoms with Crippen molar-refractivity contribution in [3.8, 4) is 0 Å². The summed E-state index contributed by atoms with van der Waals surface area (Å²) in [6, 6.07) is 7.41. The predicted octanol–water partition coefficient (Wildman–Crippen LogP) is 5.55. The standard InChI is InChI=1S/C24H26Cl2N4O6/c1-23(2)10-16(28-22(32)18-7-5-15(26)9-20(18)30(35)36)11-24(3,12-23)13-27-21(31)17-6-4-14(25)8-19(17)29(33)34/h4-9,16H,10-13H2,1-3H3,(H,27,31)(H,28,32)/t16-,24-/m1/s1. The molecule has 0 bridgehead atoms. The van der Waals surface area contributed by atoms with E-state index in [-0.39, 0.29) is 50.5 Å². The van der Waals surface area contributed by atoms with Gasteiger partial charge in [0.05, 0.1) is 9.85 Å². The summed E-state index contributed by atoms with van der Waals surface area (Å²) in [5.74, 6) is -1.18. The lowest BCUT2D eigenvalue weighted by Gasteiger charge is -2.47. The molecule has 0 saturated heterocycles. The molecule has 2 atom stereocenters. The molecule has 2 N–H and O–H groups in total. The van der Waals surface area contributed by atoms with Crippen LogP contribution in [0, 0.1) is 31.1 Å². The lowest BCUT2D eigenvalue weighted by atomic mass is 9.62. The van der Waals surface area contributed by atoms with Gasteiger partial charge in [0.25, 0.3) is 23.2 Å². The average Bonchev–Trinajstić information content (AvgIpc) is 2.75. The quantitative estimate of drug-likeness (QED) is 0.350. The second-order valence-corrected chi connectivity index (χ2v) is 11.1. The van der Waals surface area contributed by atoms with Crippen molar-refractivity contribution in [3.63, 3.8) is 0 Å². The topological polar surface area (TPSA) is 144 Å². The highest BCUT2D eigenvalue weighted by molar-refractivity contribution is 6.31. The van der Waals surface area contributed by atoms with Gasteiger partial charge in [-0.15, -0.1) is 0 Å². The number of halogens is 2. The number of nitro groups is 2. The van der Waals surface area contributed by atoms with E-state index in [1.807, 2.05) is 20.8 Å².